The zero-order valence-electron chi connectivity index (χ0n) is 53.3. The summed E-state index contributed by atoms with van der Waals surface area (Å²) in [6.07, 6.45) is 62.3. The van der Waals surface area contributed by atoms with Crippen LogP contribution < -0.4 is 0 Å². The fourth-order valence-electron chi connectivity index (χ4n) is 8.83. The van der Waals surface area contributed by atoms with E-state index >= 15 is 0 Å². The first-order valence-electron chi connectivity index (χ1n) is 33.2. The van der Waals surface area contributed by atoms with Gasteiger partial charge in [-0.15, -0.1) is 0 Å². The maximum atomic E-state index is 12.9. The van der Waals surface area contributed by atoms with Crippen molar-refractivity contribution in [1.82, 2.24) is 0 Å². The number of carbonyl (C=O) groups is 3. The van der Waals surface area contributed by atoms with Crippen LogP contribution in [0.4, 0.5) is 0 Å². The van der Waals surface area contributed by atoms with Gasteiger partial charge in [-0.25, -0.2) is 9.13 Å². The van der Waals surface area contributed by atoms with Crippen molar-refractivity contribution in [3.05, 3.63) is 72.9 Å². The standard InChI is InChI=1S/C67H120O16P2/c1-4-7-10-13-16-19-22-25-28-29-30-31-34-36-38-41-44-47-50-53-65(70)77-56-62(68)57-79-84(73,74)80-58-63(69)59-81-85(75,76)82-61-64(83-67(72)55-52-49-46-43-40-37-33-27-24-21-18-15-12-9-6-3)60-78-66(71)54-51-48-45-42-39-35-32-26-23-20-17-14-11-8-5-2/h7,10,16-17,19-20,25-26,28,30-32,62-64,68-69H,4-6,8-9,11-15,18,21-24,27,29,33-61H2,1-3H3,(H,73,74)(H,75,76)/b10-7-,19-16-,20-17-,28-25-,31-30-,32-26-. The van der Waals surface area contributed by atoms with Crippen LogP contribution in [0.5, 0.6) is 0 Å². The van der Waals surface area contributed by atoms with E-state index in [1.165, 1.54) is 83.5 Å². The predicted octanol–water partition coefficient (Wildman–Crippen LogP) is 18.0. The van der Waals surface area contributed by atoms with Crippen LogP contribution in [0, 0.1) is 0 Å². The molecule has 0 rings (SSSR count). The van der Waals surface area contributed by atoms with E-state index in [1.54, 1.807) is 0 Å². The number of phosphoric acid groups is 2. The minimum Gasteiger partial charge on any atom is -0.463 e. The van der Waals surface area contributed by atoms with Gasteiger partial charge in [0, 0.05) is 19.3 Å². The van der Waals surface area contributed by atoms with Crippen LogP contribution >= 0.6 is 15.6 Å². The van der Waals surface area contributed by atoms with E-state index in [2.05, 4.69) is 93.7 Å². The summed E-state index contributed by atoms with van der Waals surface area (Å²) in [7, 11) is -9.77. The molecule has 0 amide bonds. The van der Waals surface area contributed by atoms with E-state index in [1.807, 2.05) is 0 Å². The highest BCUT2D eigenvalue weighted by Crippen LogP contribution is 2.45. The van der Waals surface area contributed by atoms with Crippen molar-refractivity contribution in [3.8, 4) is 0 Å². The Labute approximate surface area is 515 Å². The maximum absolute atomic E-state index is 12.9. The predicted molar refractivity (Wildman–Crippen MR) is 344 cm³/mol. The molecule has 0 radical (unpaired) electrons. The fourth-order valence-corrected chi connectivity index (χ4v) is 10.4. The third kappa shape index (κ3) is 62.4. The van der Waals surface area contributed by atoms with Crippen LogP contribution in [0.25, 0.3) is 0 Å². The molecule has 0 aliphatic rings. The molecule has 18 heteroatoms. The molecule has 16 nitrogen and oxygen atoms in total. The number of ether oxygens (including phenoxy) is 3. The number of hydrogen-bond donors (Lipinski definition) is 4. The molecule has 85 heavy (non-hydrogen) atoms. The molecule has 0 spiro atoms. The van der Waals surface area contributed by atoms with Gasteiger partial charge in [-0.05, 0) is 89.9 Å². The summed E-state index contributed by atoms with van der Waals surface area (Å²) in [4.78, 5) is 58.3. The van der Waals surface area contributed by atoms with Crippen LogP contribution in [0.2, 0.25) is 0 Å². The maximum Gasteiger partial charge on any atom is 0.472 e. The van der Waals surface area contributed by atoms with E-state index in [9.17, 15) is 43.5 Å². The first-order valence-corrected chi connectivity index (χ1v) is 36.2. The number of carbonyl (C=O) groups excluding carboxylic acids is 3. The van der Waals surface area contributed by atoms with Gasteiger partial charge in [0.1, 0.15) is 25.4 Å². The molecule has 4 N–H and O–H groups in total. The number of unbranched alkanes of at least 4 members (excludes halogenated alkanes) is 28. The van der Waals surface area contributed by atoms with Crippen LogP contribution in [-0.2, 0) is 55.8 Å². The topological polar surface area (TPSA) is 231 Å². The summed E-state index contributed by atoms with van der Waals surface area (Å²) in [5.41, 5.74) is 0. The second kappa shape index (κ2) is 61.2. The molecular weight excluding hydrogens is 1120 g/mol. The van der Waals surface area contributed by atoms with Gasteiger partial charge in [0.15, 0.2) is 6.10 Å². The Hall–Kier alpha value is -3.01. The Morgan fingerprint density at radius 3 is 1.01 bits per heavy atom. The van der Waals surface area contributed by atoms with Crippen LogP contribution in [-0.4, -0.2) is 95.9 Å². The van der Waals surface area contributed by atoms with E-state index < -0.39 is 91.5 Å². The molecule has 5 atom stereocenters. The summed E-state index contributed by atoms with van der Waals surface area (Å²) in [6.45, 7) is 2.52. The van der Waals surface area contributed by atoms with Crippen molar-refractivity contribution in [1.29, 1.82) is 0 Å². The molecule has 0 aromatic heterocycles. The third-order valence-corrected chi connectivity index (χ3v) is 15.8. The fraction of sp³-hybridized carbons (Fsp3) is 0.776. The molecule has 5 unspecified atom stereocenters. The number of rotatable bonds is 63. The Kier molecular flexibility index (Phi) is 59.1. The van der Waals surface area contributed by atoms with Crippen LogP contribution in [0.3, 0.4) is 0 Å². The van der Waals surface area contributed by atoms with Gasteiger partial charge in [-0.2, -0.15) is 0 Å². The highest BCUT2D eigenvalue weighted by atomic mass is 31.2. The van der Waals surface area contributed by atoms with E-state index in [-0.39, 0.29) is 19.3 Å². The summed E-state index contributed by atoms with van der Waals surface area (Å²) in [5, 5.41) is 20.5. The normalized spacial score (nSPS) is 14.8. The molecule has 0 aromatic carbocycles. The van der Waals surface area contributed by atoms with Gasteiger partial charge in [0.2, 0.25) is 0 Å². The molecule has 0 aromatic rings. The van der Waals surface area contributed by atoms with Gasteiger partial charge in [0.25, 0.3) is 0 Å². The zero-order chi connectivity index (χ0) is 62.4. The van der Waals surface area contributed by atoms with E-state index in [0.717, 1.165) is 135 Å². The van der Waals surface area contributed by atoms with Gasteiger partial charge < -0.3 is 34.2 Å². The van der Waals surface area contributed by atoms with Crippen molar-refractivity contribution >= 4 is 33.6 Å². The quantitative estimate of drug-likeness (QED) is 0.0146. The SMILES string of the molecule is CC/C=C\C/C=C\C/C=C\C/C=C\CCCCCCCCC(=O)OCC(O)COP(=O)(O)OCC(O)COP(=O)(O)OCC(COC(=O)CCCCCCC/C=C\C/C=C\CCCCC)OC(=O)CCCCCCCCCCCCCCCCC. The van der Waals surface area contributed by atoms with Crippen molar-refractivity contribution < 1.29 is 75.8 Å². The molecular formula is C67H120O16P2. The number of esters is 3. The molecule has 0 bridgehead atoms. The molecule has 0 heterocycles. The van der Waals surface area contributed by atoms with Crippen molar-refractivity contribution in [3.63, 3.8) is 0 Å². The average molecular weight is 1240 g/mol. The summed E-state index contributed by atoms with van der Waals surface area (Å²) in [5.74, 6) is -1.59. The summed E-state index contributed by atoms with van der Waals surface area (Å²) < 4.78 is 60.8. The van der Waals surface area contributed by atoms with Gasteiger partial charge >= 0.3 is 33.6 Å². The highest BCUT2D eigenvalue weighted by Gasteiger charge is 2.29. The van der Waals surface area contributed by atoms with E-state index in [4.69, 9.17) is 32.3 Å². The van der Waals surface area contributed by atoms with Gasteiger partial charge in [-0.3, -0.25) is 32.5 Å². The van der Waals surface area contributed by atoms with Crippen molar-refractivity contribution in [2.45, 2.75) is 296 Å². The van der Waals surface area contributed by atoms with Crippen LogP contribution in [0.1, 0.15) is 278 Å². The lowest BCUT2D eigenvalue weighted by Crippen LogP contribution is -2.30. The van der Waals surface area contributed by atoms with Crippen molar-refractivity contribution in [2.75, 3.05) is 39.6 Å². The third-order valence-electron chi connectivity index (χ3n) is 13.9. The lowest BCUT2D eigenvalue weighted by molar-refractivity contribution is -0.161. The lowest BCUT2D eigenvalue weighted by atomic mass is 10.0. The highest BCUT2D eigenvalue weighted by molar-refractivity contribution is 7.47. The van der Waals surface area contributed by atoms with Crippen molar-refractivity contribution in [2.24, 2.45) is 0 Å². The zero-order valence-corrected chi connectivity index (χ0v) is 55.1. The van der Waals surface area contributed by atoms with E-state index in [0.29, 0.717) is 19.3 Å². The van der Waals surface area contributed by atoms with Gasteiger partial charge in [-0.1, -0.05) is 241 Å². The Bertz CT molecular complexity index is 1850. The smallest absolute Gasteiger partial charge is 0.463 e. The molecule has 0 saturated carbocycles. The van der Waals surface area contributed by atoms with Crippen LogP contribution in [0.15, 0.2) is 72.9 Å². The summed E-state index contributed by atoms with van der Waals surface area (Å²) in [6, 6.07) is 0. The Morgan fingerprint density at radius 2 is 0.624 bits per heavy atom. The second-order valence-corrected chi connectivity index (χ2v) is 25.2. The largest absolute Gasteiger partial charge is 0.472 e. The molecule has 0 aliphatic carbocycles. The number of aliphatic hydroxyl groups is 2. The first-order chi connectivity index (χ1) is 41.2. The lowest BCUT2D eigenvalue weighted by Gasteiger charge is -2.21. The number of allylic oxidation sites excluding steroid dienone is 12. The van der Waals surface area contributed by atoms with Gasteiger partial charge in [0.05, 0.1) is 26.4 Å². The minimum absolute atomic E-state index is 0.106. The average Bonchev–Trinajstić information content (AvgIpc) is 3.52. The number of phosphoric ester groups is 2. The Morgan fingerprint density at radius 1 is 0.341 bits per heavy atom. The molecule has 0 saturated heterocycles. The summed E-state index contributed by atoms with van der Waals surface area (Å²) >= 11 is 0. The second-order valence-electron chi connectivity index (χ2n) is 22.2. The Balaban J connectivity index is 4.66. The number of hydrogen-bond acceptors (Lipinski definition) is 14. The number of aliphatic hydroxyl groups excluding tert-OH is 2. The minimum atomic E-state index is -4.92. The first kappa shape index (κ1) is 82.0. The molecule has 0 fully saturated rings. The monoisotopic (exact) mass is 1240 g/mol. The molecule has 494 valence electrons. The molecule has 0 aliphatic heterocycles.